The zero-order valence-electron chi connectivity index (χ0n) is 14.6. The van der Waals surface area contributed by atoms with Crippen molar-refractivity contribution in [1.29, 1.82) is 0 Å². The van der Waals surface area contributed by atoms with Crippen molar-refractivity contribution in [1.82, 2.24) is 5.16 Å². The third kappa shape index (κ3) is 4.46. The summed E-state index contributed by atoms with van der Waals surface area (Å²) in [5.74, 6) is -1.81. The van der Waals surface area contributed by atoms with E-state index < -0.39 is 17.1 Å². The number of aliphatic carboxylic acids is 1. The first-order valence-corrected chi connectivity index (χ1v) is 9.00. The number of nitrogens with one attached hydrogen (secondary N) is 1. The molecular formula is C18H15N3O6S. The molecule has 2 aromatic rings. The van der Waals surface area contributed by atoms with Crippen molar-refractivity contribution >= 4 is 47.0 Å². The minimum atomic E-state index is -1.22. The van der Waals surface area contributed by atoms with Crippen LogP contribution in [-0.2, 0) is 19.2 Å². The molecule has 3 amide bonds. The van der Waals surface area contributed by atoms with Crippen LogP contribution < -0.4 is 10.2 Å². The van der Waals surface area contributed by atoms with Crippen LogP contribution in [-0.4, -0.2) is 39.2 Å². The summed E-state index contributed by atoms with van der Waals surface area (Å²) in [4.78, 5) is 48.5. The number of carbonyl (C=O) groups is 4. The number of benzene rings is 1. The fourth-order valence-corrected chi connectivity index (χ4v) is 3.56. The molecule has 0 radical (unpaired) electrons. The summed E-state index contributed by atoms with van der Waals surface area (Å²) in [6.45, 7) is 1.67. The third-order valence-corrected chi connectivity index (χ3v) is 4.92. The topological polar surface area (TPSA) is 130 Å². The Balaban J connectivity index is 1.63. The number of imide groups is 1. The van der Waals surface area contributed by atoms with Gasteiger partial charge in [0.1, 0.15) is 5.76 Å². The predicted octanol–water partition coefficient (Wildman–Crippen LogP) is 1.99. The van der Waals surface area contributed by atoms with Gasteiger partial charge >= 0.3 is 5.97 Å². The van der Waals surface area contributed by atoms with Crippen LogP contribution in [0.3, 0.4) is 0 Å². The zero-order chi connectivity index (χ0) is 20.3. The first-order valence-electron chi connectivity index (χ1n) is 8.12. The molecule has 1 aliphatic rings. The van der Waals surface area contributed by atoms with Gasteiger partial charge in [0.2, 0.25) is 17.7 Å². The fourth-order valence-electron chi connectivity index (χ4n) is 2.51. The Hall–Kier alpha value is -3.40. The van der Waals surface area contributed by atoms with E-state index in [9.17, 15) is 19.2 Å². The Morgan fingerprint density at radius 1 is 1.29 bits per heavy atom. The Morgan fingerprint density at radius 2 is 2.00 bits per heavy atom. The standard InChI is InChI=1S/C18H15N3O6S/c1-10-8-14(20-27-10)21-16(23)9-13(18(21)26)28-12-4-2-11(3-5-12)19-15(22)6-7-17(24)25/h2-8,13H,9H2,1H3,(H,19,22)(H,24,25)/b7-6+/t13-/m1/s1. The van der Waals surface area contributed by atoms with E-state index in [1.165, 1.54) is 17.8 Å². The number of anilines is 2. The number of carboxylic acids is 1. The van der Waals surface area contributed by atoms with Crippen molar-refractivity contribution in [2.45, 2.75) is 23.5 Å². The molecule has 0 aliphatic carbocycles. The smallest absolute Gasteiger partial charge is 0.328 e. The van der Waals surface area contributed by atoms with E-state index >= 15 is 0 Å². The van der Waals surface area contributed by atoms with E-state index in [1.54, 1.807) is 31.2 Å². The lowest BCUT2D eigenvalue weighted by Crippen LogP contribution is -2.31. The highest BCUT2D eigenvalue weighted by molar-refractivity contribution is 8.00. The maximum absolute atomic E-state index is 12.6. The summed E-state index contributed by atoms with van der Waals surface area (Å²) in [5.41, 5.74) is 0.470. The largest absolute Gasteiger partial charge is 0.478 e. The molecule has 0 unspecified atom stereocenters. The number of aryl methyl sites for hydroxylation is 1. The Bertz CT molecular complexity index is 966. The van der Waals surface area contributed by atoms with Crippen molar-refractivity contribution in [2.24, 2.45) is 0 Å². The van der Waals surface area contributed by atoms with Crippen LogP contribution in [0.1, 0.15) is 12.2 Å². The van der Waals surface area contributed by atoms with Gasteiger partial charge in [-0.3, -0.25) is 14.4 Å². The van der Waals surface area contributed by atoms with Gasteiger partial charge in [-0.25, -0.2) is 9.69 Å². The average molecular weight is 401 g/mol. The molecule has 2 N–H and O–H groups in total. The van der Waals surface area contributed by atoms with E-state index in [1.807, 2.05) is 0 Å². The van der Waals surface area contributed by atoms with Crippen LogP contribution in [0.5, 0.6) is 0 Å². The normalized spacial score (nSPS) is 16.8. The summed E-state index contributed by atoms with van der Waals surface area (Å²) in [6.07, 6.45) is 1.70. The van der Waals surface area contributed by atoms with Crippen LogP contribution in [0.25, 0.3) is 0 Å². The number of aromatic nitrogens is 1. The molecule has 9 nitrogen and oxygen atoms in total. The molecular weight excluding hydrogens is 386 g/mol. The number of hydrogen-bond donors (Lipinski definition) is 2. The fraction of sp³-hybridized carbons (Fsp3) is 0.167. The summed E-state index contributed by atoms with van der Waals surface area (Å²) >= 11 is 1.24. The summed E-state index contributed by atoms with van der Waals surface area (Å²) < 4.78 is 4.93. The molecule has 1 aliphatic heterocycles. The number of nitrogens with zero attached hydrogens (tertiary/aromatic N) is 2. The number of carbonyl (C=O) groups excluding carboxylic acids is 3. The summed E-state index contributed by atoms with van der Waals surface area (Å²) in [5, 5.41) is 14.2. The van der Waals surface area contributed by atoms with E-state index in [2.05, 4.69) is 10.5 Å². The van der Waals surface area contributed by atoms with E-state index in [0.29, 0.717) is 11.4 Å². The highest BCUT2D eigenvalue weighted by Crippen LogP contribution is 2.34. The lowest BCUT2D eigenvalue weighted by molar-refractivity contribution is -0.131. The van der Waals surface area contributed by atoms with E-state index in [0.717, 1.165) is 21.9 Å². The maximum atomic E-state index is 12.6. The van der Waals surface area contributed by atoms with E-state index in [-0.39, 0.29) is 24.1 Å². The quantitative estimate of drug-likeness (QED) is 0.555. The van der Waals surface area contributed by atoms with Crippen LogP contribution in [0.4, 0.5) is 11.5 Å². The first-order chi connectivity index (χ1) is 13.3. The number of thioether (sulfide) groups is 1. The van der Waals surface area contributed by atoms with Crippen molar-refractivity contribution in [3.8, 4) is 0 Å². The van der Waals surface area contributed by atoms with Gasteiger partial charge in [0.15, 0.2) is 5.82 Å². The maximum Gasteiger partial charge on any atom is 0.328 e. The van der Waals surface area contributed by atoms with Crippen molar-refractivity contribution in [2.75, 3.05) is 10.2 Å². The highest BCUT2D eigenvalue weighted by atomic mass is 32.2. The molecule has 2 heterocycles. The second-order valence-electron chi connectivity index (χ2n) is 5.86. The predicted molar refractivity (Wildman–Crippen MR) is 99.8 cm³/mol. The first kappa shape index (κ1) is 19.4. The molecule has 1 atom stereocenters. The van der Waals surface area contributed by atoms with Crippen LogP contribution in [0.2, 0.25) is 0 Å². The van der Waals surface area contributed by atoms with Crippen molar-refractivity contribution < 1.29 is 28.8 Å². The number of rotatable bonds is 6. The molecule has 28 heavy (non-hydrogen) atoms. The minimum Gasteiger partial charge on any atom is -0.478 e. The number of hydrogen-bond acceptors (Lipinski definition) is 7. The molecule has 144 valence electrons. The lowest BCUT2D eigenvalue weighted by Gasteiger charge is -2.11. The lowest BCUT2D eigenvalue weighted by atomic mass is 10.3. The van der Waals surface area contributed by atoms with Gasteiger partial charge in [0.05, 0.1) is 5.25 Å². The third-order valence-electron chi connectivity index (χ3n) is 3.73. The molecule has 0 saturated carbocycles. The van der Waals surface area contributed by atoms with Gasteiger partial charge in [-0.2, -0.15) is 0 Å². The zero-order valence-corrected chi connectivity index (χ0v) is 15.4. The monoisotopic (exact) mass is 401 g/mol. The van der Waals surface area contributed by atoms with E-state index in [4.69, 9.17) is 9.63 Å². The summed E-state index contributed by atoms with van der Waals surface area (Å²) in [6, 6.07) is 8.16. The van der Waals surface area contributed by atoms with Gasteiger partial charge in [-0.1, -0.05) is 5.16 Å². The second kappa shape index (κ2) is 8.09. The van der Waals surface area contributed by atoms with Crippen LogP contribution in [0, 0.1) is 6.92 Å². The van der Waals surface area contributed by atoms with Gasteiger partial charge in [0, 0.05) is 35.2 Å². The van der Waals surface area contributed by atoms with Gasteiger partial charge in [-0.05, 0) is 31.2 Å². The molecule has 10 heteroatoms. The number of amides is 3. The molecule has 1 aromatic heterocycles. The van der Waals surface area contributed by atoms with Gasteiger partial charge in [-0.15, -0.1) is 11.8 Å². The van der Waals surface area contributed by atoms with Crippen molar-refractivity contribution in [3.63, 3.8) is 0 Å². The Kier molecular flexibility index (Phi) is 5.59. The molecule has 1 aromatic carbocycles. The molecule has 0 bridgehead atoms. The molecule has 1 fully saturated rings. The minimum absolute atomic E-state index is 0.0495. The second-order valence-corrected chi connectivity index (χ2v) is 7.14. The van der Waals surface area contributed by atoms with Crippen LogP contribution in [0.15, 0.2) is 51.9 Å². The molecule has 1 saturated heterocycles. The van der Waals surface area contributed by atoms with Gasteiger partial charge in [0.25, 0.3) is 0 Å². The van der Waals surface area contributed by atoms with Crippen LogP contribution >= 0.6 is 11.8 Å². The molecule has 3 rings (SSSR count). The Morgan fingerprint density at radius 3 is 2.61 bits per heavy atom. The molecule has 0 spiro atoms. The SMILES string of the molecule is Cc1cc(N2C(=O)C[C@@H](Sc3ccc(NC(=O)/C=C/C(=O)O)cc3)C2=O)no1. The highest BCUT2D eigenvalue weighted by Gasteiger charge is 2.41. The average Bonchev–Trinajstić information content (AvgIpc) is 3.17. The summed E-state index contributed by atoms with van der Waals surface area (Å²) in [7, 11) is 0. The number of carboxylic acid groups (broad SMARTS) is 1. The Labute approximate surface area is 163 Å². The van der Waals surface area contributed by atoms with Crippen molar-refractivity contribution in [3.05, 3.63) is 48.2 Å². The van der Waals surface area contributed by atoms with Gasteiger partial charge < -0.3 is 14.9 Å².